The number of rotatable bonds is 4. The van der Waals surface area contributed by atoms with Gasteiger partial charge in [0.15, 0.2) is 11.3 Å². The number of nitrogens with one attached hydrogen (secondary N) is 2. The lowest BCUT2D eigenvalue weighted by molar-refractivity contribution is -0.119. The van der Waals surface area contributed by atoms with E-state index in [4.69, 9.17) is 9.15 Å². The summed E-state index contributed by atoms with van der Waals surface area (Å²) in [5.41, 5.74) is 0.657. The maximum Gasteiger partial charge on any atom is 0.412 e. The zero-order valence-corrected chi connectivity index (χ0v) is 19.6. The Morgan fingerprint density at radius 3 is 2.41 bits per heavy atom. The zero-order chi connectivity index (χ0) is 23.6. The molecule has 0 aliphatic carbocycles. The average molecular weight is 503 g/mol. The number of anilines is 1. The van der Waals surface area contributed by atoms with E-state index in [-0.39, 0.29) is 29.2 Å². The van der Waals surface area contributed by atoms with E-state index in [0.717, 1.165) is 0 Å². The fraction of sp³-hybridized carbons (Fsp3) is 0.261. The van der Waals surface area contributed by atoms with E-state index in [1.807, 2.05) is 0 Å². The first kappa shape index (κ1) is 23.3. The molecule has 0 aliphatic heterocycles. The van der Waals surface area contributed by atoms with Gasteiger partial charge in [-0.25, -0.2) is 4.79 Å². The molecule has 1 heterocycles. The van der Waals surface area contributed by atoms with Gasteiger partial charge in [-0.3, -0.25) is 14.9 Å². The summed E-state index contributed by atoms with van der Waals surface area (Å²) in [6.07, 6.45) is -0.593. The van der Waals surface area contributed by atoms with Crippen molar-refractivity contribution in [2.45, 2.75) is 39.8 Å². The largest absolute Gasteiger partial charge is 0.502 e. The summed E-state index contributed by atoms with van der Waals surface area (Å²) in [5.74, 6) is -0.730. The summed E-state index contributed by atoms with van der Waals surface area (Å²) in [6.45, 7) is 6.93. The van der Waals surface area contributed by atoms with Crippen LogP contribution < -0.4 is 16.1 Å². The molecule has 168 valence electrons. The van der Waals surface area contributed by atoms with Gasteiger partial charge in [0, 0.05) is 24.7 Å². The molecule has 0 radical (unpaired) electrons. The standard InChI is InChI=1S/C23H23BrN2O6/c1-12(27)25-11-13-9-16-18(28)19(29)20(31-21(16)17(24)10-13)14-5-7-15(8-6-14)26-22(30)32-23(2,3)4/h5-10,29H,11H2,1-4H3,(H,25,27)(H,26,30). The van der Waals surface area contributed by atoms with Gasteiger partial charge >= 0.3 is 6.09 Å². The van der Waals surface area contributed by atoms with Gasteiger partial charge in [0.2, 0.25) is 17.1 Å². The maximum absolute atomic E-state index is 12.8. The molecule has 0 unspecified atom stereocenters. The minimum atomic E-state index is -0.625. The Hall–Kier alpha value is -3.33. The highest BCUT2D eigenvalue weighted by Gasteiger charge is 2.19. The topological polar surface area (TPSA) is 118 Å². The van der Waals surface area contributed by atoms with E-state index >= 15 is 0 Å². The minimum Gasteiger partial charge on any atom is -0.502 e. The van der Waals surface area contributed by atoms with Crippen LogP contribution >= 0.6 is 15.9 Å². The first-order valence-corrected chi connectivity index (χ1v) is 10.6. The van der Waals surface area contributed by atoms with Crippen molar-refractivity contribution in [3.8, 4) is 17.1 Å². The first-order valence-electron chi connectivity index (χ1n) is 9.77. The third-order valence-corrected chi connectivity index (χ3v) is 4.91. The van der Waals surface area contributed by atoms with Crippen LogP contribution in [0.25, 0.3) is 22.3 Å². The summed E-state index contributed by atoms with van der Waals surface area (Å²) in [7, 11) is 0. The summed E-state index contributed by atoms with van der Waals surface area (Å²) in [6, 6.07) is 9.73. The smallest absolute Gasteiger partial charge is 0.412 e. The lowest BCUT2D eigenvalue weighted by atomic mass is 10.1. The Morgan fingerprint density at radius 1 is 1.16 bits per heavy atom. The number of amides is 2. The van der Waals surface area contributed by atoms with Crippen LogP contribution in [0.15, 0.2) is 50.1 Å². The molecule has 0 aliphatic rings. The third kappa shape index (κ3) is 5.47. The molecule has 2 aromatic carbocycles. The van der Waals surface area contributed by atoms with Crippen molar-refractivity contribution in [2.75, 3.05) is 5.32 Å². The highest BCUT2D eigenvalue weighted by Crippen LogP contribution is 2.34. The highest BCUT2D eigenvalue weighted by molar-refractivity contribution is 9.10. The van der Waals surface area contributed by atoms with E-state index in [1.165, 1.54) is 6.92 Å². The second-order valence-corrected chi connectivity index (χ2v) is 9.03. The normalized spacial score (nSPS) is 11.3. The number of hydrogen-bond acceptors (Lipinski definition) is 6. The van der Waals surface area contributed by atoms with Crippen molar-refractivity contribution < 1.29 is 23.8 Å². The van der Waals surface area contributed by atoms with Crippen LogP contribution in [-0.2, 0) is 16.1 Å². The molecular weight excluding hydrogens is 480 g/mol. The summed E-state index contributed by atoms with van der Waals surface area (Å²) in [5, 5.41) is 16.0. The third-order valence-electron chi connectivity index (χ3n) is 4.32. The van der Waals surface area contributed by atoms with Crippen molar-refractivity contribution in [2.24, 2.45) is 0 Å². The number of hydrogen-bond donors (Lipinski definition) is 3. The number of carbonyl (C=O) groups is 2. The molecular formula is C23H23BrN2O6. The van der Waals surface area contributed by atoms with Crippen molar-refractivity contribution in [1.82, 2.24) is 5.32 Å². The van der Waals surface area contributed by atoms with Crippen molar-refractivity contribution in [3.63, 3.8) is 0 Å². The van der Waals surface area contributed by atoms with Crippen LogP contribution in [0, 0.1) is 0 Å². The maximum atomic E-state index is 12.8. The van der Waals surface area contributed by atoms with Gasteiger partial charge < -0.3 is 19.6 Å². The van der Waals surface area contributed by atoms with E-state index < -0.39 is 22.9 Å². The zero-order valence-electron chi connectivity index (χ0n) is 18.0. The van der Waals surface area contributed by atoms with Gasteiger partial charge in [0.25, 0.3) is 0 Å². The monoisotopic (exact) mass is 502 g/mol. The van der Waals surface area contributed by atoms with E-state index in [0.29, 0.717) is 21.3 Å². The first-order chi connectivity index (χ1) is 14.9. The number of carbonyl (C=O) groups excluding carboxylic acids is 2. The van der Waals surface area contributed by atoms with Crippen LogP contribution in [0.3, 0.4) is 0 Å². The van der Waals surface area contributed by atoms with Gasteiger partial charge in [0.1, 0.15) is 5.60 Å². The summed E-state index contributed by atoms with van der Waals surface area (Å²) >= 11 is 3.39. The Bertz CT molecular complexity index is 1240. The highest BCUT2D eigenvalue weighted by atomic mass is 79.9. The number of benzene rings is 2. The van der Waals surface area contributed by atoms with E-state index in [2.05, 4.69) is 26.6 Å². The Balaban J connectivity index is 1.93. The van der Waals surface area contributed by atoms with Crippen molar-refractivity contribution in [3.05, 3.63) is 56.7 Å². The second kappa shape index (κ2) is 9.04. The Kier molecular flexibility index (Phi) is 6.59. The van der Waals surface area contributed by atoms with Crippen LogP contribution in [0.1, 0.15) is 33.3 Å². The molecule has 9 heteroatoms. The van der Waals surface area contributed by atoms with E-state index in [1.54, 1.807) is 57.2 Å². The molecule has 3 N–H and O–H groups in total. The molecule has 3 aromatic rings. The molecule has 2 amide bonds. The molecule has 3 rings (SSSR count). The molecule has 8 nitrogen and oxygen atoms in total. The van der Waals surface area contributed by atoms with Crippen LogP contribution in [0.2, 0.25) is 0 Å². The molecule has 0 fully saturated rings. The van der Waals surface area contributed by atoms with Crippen LogP contribution in [0.5, 0.6) is 5.75 Å². The van der Waals surface area contributed by atoms with Crippen LogP contribution in [0.4, 0.5) is 10.5 Å². The van der Waals surface area contributed by atoms with Crippen LogP contribution in [-0.4, -0.2) is 22.7 Å². The Labute approximate surface area is 192 Å². The molecule has 0 saturated heterocycles. The number of ether oxygens (including phenoxy) is 1. The SMILES string of the molecule is CC(=O)NCc1cc(Br)c2oc(-c3ccc(NC(=O)OC(C)(C)C)cc3)c(O)c(=O)c2c1. The predicted molar refractivity (Wildman–Crippen MR) is 125 cm³/mol. The quantitative estimate of drug-likeness (QED) is 0.466. The summed E-state index contributed by atoms with van der Waals surface area (Å²) < 4.78 is 11.6. The van der Waals surface area contributed by atoms with Gasteiger partial charge in [-0.1, -0.05) is 0 Å². The fourth-order valence-electron chi connectivity index (χ4n) is 2.95. The lowest BCUT2D eigenvalue weighted by Crippen LogP contribution is -2.27. The predicted octanol–water partition coefficient (Wildman–Crippen LogP) is 4.91. The number of aromatic hydroxyl groups is 1. The fourth-order valence-corrected chi connectivity index (χ4v) is 3.54. The molecule has 1 aromatic heterocycles. The number of halogens is 1. The molecule has 0 atom stereocenters. The van der Waals surface area contributed by atoms with Crippen molar-refractivity contribution >= 4 is 44.6 Å². The summed E-state index contributed by atoms with van der Waals surface area (Å²) in [4.78, 5) is 35.9. The average Bonchev–Trinajstić information content (AvgIpc) is 2.68. The number of fused-ring (bicyclic) bond motifs is 1. The molecule has 32 heavy (non-hydrogen) atoms. The van der Waals surface area contributed by atoms with Gasteiger partial charge in [-0.05, 0) is 78.7 Å². The Morgan fingerprint density at radius 2 is 1.81 bits per heavy atom. The molecule has 0 bridgehead atoms. The second-order valence-electron chi connectivity index (χ2n) is 8.18. The van der Waals surface area contributed by atoms with E-state index in [9.17, 15) is 19.5 Å². The molecule has 0 saturated carbocycles. The molecule has 0 spiro atoms. The van der Waals surface area contributed by atoms with Gasteiger partial charge in [-0.2, -0.15) is 0 Å². The lowest BCUT2D eigenvalue weighted by Gasteiger charge is -2.19. The van der Waals surface area contributed by atoms with Gasteiger partial charge in [-0.15, -0.1) is 0 Å². The van der Waals surface area contributed by atoms with Gasteiger partial charge in [0.05, 0.1) is 9.86 Å². The van der Waals surface area contributed by atoms with Crippen molar-refractivity contribution in [1.29, 1.82) is 0 Å². The minimum absolute atomic E-state index is 0.00151.